The summed E-state index contributed by atoms with van der Waals surface area (Å²) in [5, 5.41) is 2.80. The lowest BCUT2D eigenvalue weighted by Crippen LogP contribution is -2.15. The Balaban J connectivity index is 1.98. The smallest absolute Gasteiger partial charge is 0.228 e. The lowest BCUT2D eigenvalue weighted by atomic mass is 10.1. The monoisotopic (exact) mass is 286 g/mol. The van der Waals surface area contributed by atoms with Crippen LogP contribution in [0.5, 0.6) is 0 Å². The van der Waals surface area contributed by atoms with Crippen molar-refractivity contribution in [3.63, 3.8) is 0 Å². The van der Waals surface area contributed by atoms with Crippen LogP contribution >= 0.6 is 0 Å². The van der Waals surface area contributed by atoms with E-state index in [9.17, 15) is 9.18 Å². The molecule has 0 saturated heterocycles. The van der Waals surface area contributed by atoms with Gasteiger partial charge in [-0.15, -0.1) is 0 Å². The van der Waals surface area contributed by atoms with Crippen molar-refractivity contribution in [2.45, 2.75) is 19.3 Å². The lowest BCUT2D eigenvalue weighted by Gasteiger charge is -2.08. The van der Waals surface area contributed by atoms with Gasteiger partial charge in [0.25, 0.3) is 0 Å². The largest absolute Gasteiger partial charge is 0.330 e. The number of nitrogens with one attached hydrogen (secondary N) is 1. The minimum atomic E-state index is -0.357. The molecule has 110 valence electrons. The number of hydrogen-bond acceptors (Lipinski definition) is 2. The Hall–Kier alpha value is -2.20. The zero-order valence-corrected chi connectivity index (χ0v) is 11.8. The number of aryl methyl sites for hydroxylation is 1. The summed E-state index contributed by atoms with van der Waals surface area (Å²) in [5.74, 6) is -0.583. The summed E-state index contributed by atoms with van der Waals surface area (Å²) < 4.78 is 13.5. The topological polar surface area (TPSA) is 55.1 Å². The molecule has 0 fully saturated rings. The molecule has 2 aromatic carbocycles. The minimum absolute atomic E-state index is 0.0275. The normalized spacial score (nSPS) is 10.4. The number of rotatable bonds is 6. The predicted molar refractivity (Wildman–Crippen MR) is 82.6 cm³/mol. The van der Waals surface area contributed by atoms with Gasteiger partial charge in [-0.2, -0.15) is 0 Å². The van der Waals surface area contributed by atoms with Crippen LogP contribution in [0.4, 0.5) is 10.1 Å². The van der Waals surface area contributed by atoms with Crippen molar-refractivity contribution in [2.75, 3.05) is 11.9 Å². The van der Waals surface area contributed by atoms with E-state index < -0.39 is 0 Å². The van der Waals surface area contributed by atoms with Gasteiger partial charge >= 0.3 is 0 Å². The van der Waals surface area contributed by atoms with Crippen LogP contribution in [-0.4, -0.2) is 12.5 Å². The third-order valence-electron chi connectivity index (χ3n) is 3.19. The second kappa shape index (κ2) is 7.55. The van der Waals surface area contributed by atoms with Crippen LogP contribution in [0.1, 0.15) is 17.5 Å². The Labute approximate surface area is 124 Å². The van der Waals surface area contributed by atoms with Gasteiger partial charge < -0.3 is 11.1 Å². The first kappa shape index (κ1) is 15.2. The lowest BCUT2D eigenvalue weighted by molar-refractivity contribution is -0.115. The summed E-state index contributed by atoms with van der Waals surface area (Å²) in [4.78, 5) is 12.0. The quantitative estimate of drug-likeness (QED) is 0.858. The van der Waals surface area contributed by atoms with Gasteiger partial charge in [-0.25, -0.2) is 4.39 Å². The van der Waals surface area contributed by atoms with Gasteiger partial charge in [-0.05, 0) is 48.7 Å². The molecule has 0 atom stereocenters. The van der Waals surface area contributed by atoms with E-state index in [0.717, 1.165) is 24.1 Å². The number of amides is 1. The van der Waals surface area contributed by atoms with Crippen molar-refractivity contribution in [2.24, 2.45) is 5.73 Å². The highest BCUT2D eigenvalue weighted by Crippen LogP contribution is 2.13. The molecule has 0 radical (unpaired) electrons. The van der Waals surface area contributed by atoms with Gasteiger partial charge in [-0.1, -0.05) is 30.3 Å². The molecule has 0 saturated carbocycles. The van der Waals surface area contributed by atoms with E-state index >= 15 is 0 Å². The summed E-state index contributed by atoms with van der Waals surface area (Å²) in [7, 11) is 0. The number of halogens is 1. The maximum absolute atomic E-state index is 13.5. The first-order valence-corrected chi connectivity index (χ1v) is 7.01. The van der Waals surface area contributed by atoms with E-state index in [1.807, 2.05) is 24.3 Å². The summed E-state index contributed by atoms with van der Waals surface area (Å²) in [6.07, 6.45) is 1.82. The highest BCUT2D eigenvalue weighted by molar-refractivity contribution is 5.92. The average Bonchev–Trinajstić information content (AvgIpc) is 2.48. The zero-order chi connectivity index (χ0) is 15.1. The molecule has 2 rings (SSSR count). The van der Waals surface area contributed by atoms with Gasteiger partial charge in [0, 0.05) is 5.69 Å². The minimum Gasteiger partial charge on any atom is -0.330 e. The van der Waals surface area contributed by atoms with Crippen molar-refractivity contribution in [1.29, 1.82) is 0 Å². The van der Waals surface area contributed by atoms with Gasteiger partial charge in [0.15, 0.2) is 0 Å². The fraction of sp³-hybridized carbons (Fsp3) is 0.235. The molecule has 0 bridgehead atoms. The van der Waals surface area contributed by atoms with Crippen molar-refractivity contribution in [1.82, 2.24) is 0 Å². The summed E-state index contributed by atoms with van der Waals surface area (Å²) in [5.41, 5.74) is 7.74. The predicted octanol–water partition coefficient (Wildman–Crippen LogP) is 2.90. The van der Waals surface area contributed by atoms with Gasteiger partial charge in [0.1, 0.15) is 5.82 Å². The number of anilines is 1. The zero-order valence-electron chi connectivity index (χ0n) is 11.8. The second-order valence-electron chi connectivity index (χ2n) is 4.91. The fourth-order valence-electron chi connectivity index (χ4n) is 2.13. The van der Waals surface area contributed by atoms with Crippen molar-refractivity contribution in [3.05, 3.63) is 65.5 Å². The van der Waals surface area contributed by atoms with Crippen LogP contribution in [0, 0.1) is 5.82 Å². The first-order valence-electron chi connectivity index (χ1n) is 7.01. The molecule has 1 amide bonds. The third kappa shape index (κ3) is 4.68. The van der Waals surface area contributed by atoms with Crippen molar-refractivity contribution < 1.29 is 9.18 Å². The summed E-state index contributed by atoms with van der Waals surface area (Å²) >= 11 is 0. The molecular weight excluding hydrogens is 267 g/mol. The Morgan fingerprint density at radius 1 is 1.14 bits per heavy atom. The van der Waals surface area contributed by atoms with E-state index in [1.165, 1.54) is 6.07 Å². The number of hydrogen-bond donors (Lipinski definition) is 2. The molecule has 0 spiro atoms. The standard InChI is InChI=1S/C17H19FN2O/c18-16-9-2-1-7-14(16)12-17(21)20-15-8-3-5-13(11-15)6-4-10-19/h1-3,5,7-9,11H,4,6,10,12,19H2,(H,20,21). The van der Waals surface area contributed by atoms with Gasteiger partial charge in [0.05, 0.1) is 6.42 Å². The molecule has 3 nitrogen and oxygen atoms in total. The van der Waals surface area contributed by atoms with Gasteiger partial charge in [-0.3, -0.25) is 4.79 Å². The Bertz CT molecular complexity index is 613. The molecule has 3 N–H and O–H groups in total. The van der Waals surface area contributed by atoms with E-state index in [1.54, 1.807) is 18.2 Å². The molecule has 0 aromatic heterocycles. The average molecular weight is 286 g/mol. The Morgan fingerprint density at radius 3 is 2.71 bits per heavy atom. The first-order chi connectivity index (χ1) is 10.2. The van der Waals surface area contributed by atoms with Crippen LogP contribution in [0.3, 0.4) is 0 Å². The number of carbonyl (C=O) groups excluding carboxylic acids is 1. The van der Waals surface area contributed by atoms with Crippen LogP contribution in [0.15, 0.2) is 48.5 Å². The number of carbonyl (C=O) groups is 1. The maximum Gasteiger partial charge on any atom is 0.228 e. The maximum atomic E-state index is 13.5. The van der Waals surface area contributed by atoms with Gasteiger partial charge in [0.2, 0.25) is 5.91 Å². The van der Waals surface area contributed by atoms with Crippen LogP contribution in [0.2, 0.25) is 0 Å². The highest BCUT2D eigenvalue weighted by Gasteiger charge is 2.08. The molecule has 0 aliphatic carbocycles. The van der Waals surface area contributed by atoms with Crippen LogP contribution in [0.25, 0.3) is 0 Å². The van der Waals surface area contributed by atoms with E-state index in [2.05, 4.69) is 5.32 Å². The third-order valence-corrected chi connectivity index (χ3v) is 3.19. The summed E-state index contributed by atoms with van der Waals surface area (Å²) in [6, 6.07) is 14.0. The van der Waals surface area contributed by atoms with E-state index in [0.29, 0.717) is 12.1 Å². The van der Waals surface area contributed by atoms with Crippen molar-refractivity contribution in [3.8, 4) is 0 Å². The molecular formula is C17H19FN2O. The van der Waals surface area contributed by atoms with Crippen LogP contribution in [-0.2, 0) is 17.6 Å². The molecule has 0 aliphatic rings. The van der Waals surface area contributed by atoms with E-state index in [4.69, 9.17) is 5.73 Å². The number of benzene rings is 2. The Kier molecular flexibility index (Phi) is 5.46. The Morgan fingerprint density at radius 2 is 1.95 bits per heavy atom. The van der Waals surface area contributed by atoms with Crippen LogP contribution < -0.4 is 11.1 Å². The molecule has 0 unspecified atom stereocenters. The fourth-order valence-corrected chi connectivity index (χ4v) is 2.13. The molecule has 21 heavy (non-hydrogen) atoms. The second-order valence-corrected chi connectivity index (χ2v) is 4.91. The number of nitrogens with two attached hydrogens (primary N) is 1. The summed E-state index contributed by atoms with van der Waals surface area (Å²) in [6.45, 7) is 0.643. The molecule has 0 heterocycles. The SMILES string of the molecule is NCCCc1cccc(NC(=O)Cc2ccccc2F)c1. The van der Waals surface area contributed by atoms with E-state index in [-0.39, 0.29) is 18.1 Å². The molecule has 4 heteroatoms. The van der Waals surface area contributed by atoms with Crippen molar-refractivity contribution >= 4 is 11.6 Å². The highest BCUT2D eigenvalue weighted by atomic mass is 19.1. The molecule has 0 aliphatic heterocycles. The molecule has 2 aromatic rings.